The molecule has 0 spiro atoms. The van der Waals surface area contributed by atoms with E-state index in [0.29, 0.717) is 51.2 Å². The molecule has 1 saturated carbocycles. The molecule has 3 fully saturated rings. The van der Waals surface area contributed by atoms with Gasteiger partial charge in [0.1, 0.15) is 5.75 Å². The topological polar surface area (TPSA) is 62.3 Å². The van der Waals surface area contributed by atoms with E-state index in [0.717, 1.165) is 42.4 Å². The van der Waals surface area contributed by atoms with Gasteiger partial charge in [0, 0.05) is 55.0 Å². The third kappa shape index (κ3) is 6.52. The second-order valence-electron chi connectivity index (χ2n) is 11.1. The fourth-order valence-electron chi connectivity index (χ4n) is 5.44. The first-order valence-electron chi connectivity index (χ1n) is 13.8. The minimum absolute atomic E-state index is 0.0243. The van der Waals surface area contributed by atoms with Gasteiger partial charge in [0.25, 0.3) is 5.91 Å². The van der Waals surface area contributed by atoms with Crippen LogP contribution in [0.3, 0.4) is 0 Å². The van der Waals surface area contributed by atoms with Crippen LogP contribution in [-0.4, -0.2) is 72.6 Å². The fourth-order valence-corrected chi connectivity index (χ4v) is 5.70. The summed E-state index contributed by atoms with van der Waals surface area (Å²) in [5.41, 5.74) is 1.22. The first-order valence-corrected chi connectivity index (χ1v) is 14.6. The number of anilines is 1. The first kappa shape index (κ1) is 27.0. The number of carbonyl (C=O) groups is 2. The summed E-state index contributed by atoms with van der Waals surface area (Å²) in [4.78, 5) is 33.0. The average molecular weight is 585 g/mol. The number of nitrogens with zero attached hydrogens (tertiary/aromatic N) is 3. The average Bonchev–Trinajstić information content (AvgIpc) is 3.78. The van der Waals surface area contributed by atoms with Gasteiger partial charge in [-0.15, -0.1) is 0 Å². The quantitative estimate of drug-likeness (QED) is 0.443. The maximum atomic E-state index is 13.7. The summed E-state index contributed by atoms with van der Waals surface area (Å²) in [5, 5.41) is 0. The van der Waals surface area contributed by atoms with Crippen LogP contribution < -0.4 is 9.64 Å². The number of benzene rings is 2. The molecule has 7 nitrogen and oxygen atoms in total. The second-order valence-corrected chi connectivity index (χ2v) is 12.0. The van der Waals surface area contributed by atoms with Gasteiger partial charge in [-0.05, 0) is 69.4 Å². The predicted octanol–water partition coefficient (Wildman–Crippen LogP) is 4.87. The molecule has 2 heterocycles. The van der Waals surface area contributed by atoms with Crippen molar-refractivity contribution in [3.05, 3.63) is 58.6 Å². The molecule has 5 rings (SSSR count). The smallest absolute Gasteiger partial charge is 0.266 e. The van der Waals surface area contributed by atoms with Crippen molar-refractivity contribution >= 4 is 33.4 Å². The number of hydrogen-bond donors (Lipinski definition) is 0. The van der Waals surface area contributed by atoms with E-state index in [1.807, 2.05) is 49.1 Å². The Morgan fingerprint density at radius 1 is 1.05 bits per heavy atom. The molecule has 2 aliphatic heterocycles. The predicted molar refractivity (Wildman–Crippen MR) is 151 cm³/mol. The second kappa shape index (κ2) is 11.7. The highest BCUT2D eigenvalue weighted by molar-refractivity contribution is 9.10. The highest BCUT2D eigenvalue weighted by Crippen LogP contribution is 2.33. The number of halogens is 1. The molecule has 1 unspecified atom stereocenters. The summed E-state index contributed by atoms with van der Waals surface area (Å²) in [5.74, 6) is 0.881. The molecule has 2 aromatic carbocycles. The summed E-state index contributed by atoms with van der Waals surface area (Å²) in [6.45, 7) is 8.23. The minimum atomic E-state index is -0.978. The number of ether oxygens (including phenoxy) is 2. The first-order chi connectivity index (χ1) is 18.3. The highest BCUT2D eigenvalue weighted by atomic mass is 79.9. The van der Waals surface area contributed by atoms with Gasteiger partial charge >= 0.3 is 0 Å². The van der Waals surface area contributed by atoms with E-state index in [9.17, 15) is 9.59 Å². The van der Waals surface area contributed by atoms with Crippen LogP contribution in [-0.2, 0) is 20.9 Å². The minimum Gasteiger partial charge on any atom is -0.478 e. The Hall–Kier alpha value is -2.58. The molecule has 38 heavy (non-hydrogen) atoms. The van der Waals surface area contributed by atoms with E-state index >= 15 is 0 Å². The molecule has 3 aliphatic rings. The largest absolute Gasteiger partial charge is 0.478 e. The number of rotatable bonds is 8. The van der Waals surface area contributed by atoms with Gasteiger partial charge in [0.2, 0.25) is 5.91 Å². The molecule has 0 N–H and O–H groups in total. The third-order valence-corrected chi connectivity index (χ3v) is 8.21. The Morgan fingerprint density at radius 2 is 1.79 bits per heavy atom. The van der Waals surface area contributed by atoms with Gasteiger partial charge in [-0.3, -0.25) is 9.59 Å². The molecule has 0 aromatic heterocycles. The van der Waals surface area contributed by atoms with Crippen LogP contribution in [0.15, 0.2) is 53.0 Å². The van der Waals surface area contributed by atoms with E-state index in [-0.39, 0.29) is 17.7 Å². The number of piperidine rings is 1. The van der Waals surface area contributed by atoms with E-state index in [1.54, 1.807) is 0 Å². The van der Waals surface area contributed by atoms with E-state index in [2.05, 4.69) is 43.9 Å². The van der Waals surface area contributed by atoms with E-state index in [1.165, 1.54) is 5.56 Å². The van der Waals surface area contributed by atoms with Crippen LogP contribution in [0.4, 0.5) is 5.69 Å². The summed E-state index contributed by atoms with van der Waals surface area (Å²) in [7, 11) is 0. The van der Waals surface area contributed by atoms with Crippen molar-refractivity contribution < 1.29 is 19.1 Å². The van der Waals surface area contributed by atoms with Crippen molar-refractivity contribution in [1.29, 1.82) is 0 Å². The molecule has 2 saturated heterocycles. The Morgan fingerprint density at radius 3 is 2.50 bits per heavy atom. The normalized spacial score (nSPS) is 20.2. The van der Waals surface area contributed by atoms with Crippen LogP contribution in [0.25, 0.3) is 0 Å². The molecule has 1 aliphatic carbocycles. The third-order valence-electron chi connectivity index (χ3n) is 7.68. The van der Waals surface area contributed by atoms with Gasteiger partial charge in [-0.25, -0.2) is 0 Å². The van der Waals surface area contributed by atoms with Crippen molar-refractivity contribution in [1.82, 2.24) is 9.80 Å². The Balaban J connectivity index is 1.24. The standard InChI is InChI=1S/C30H38BrN3O4/c1-30(2,29(36)32-15-17-37-18-16-32)38-27-7-3-6-26(19-27)33-14-4-5-23(21-33)28(35)34(25-12-13-25)20-22-8-10-24(31)11-9-22/h3,6-11,19,23,25H,4-5,12-18,20-21H2,1-2H3. The molecule has 8 heteroatoms. The van der Waals surface area contributed by atoms with Crippen molar-refractivity contribution in [3.63, 3.8) is 0 Å². The lowest BCUT2D eigenvalue weighted by Crippen LogP contribution is -2.52. The molecule has 2 aromatic rings. The Kier molecular flexibility index (Phi) is 8.29. The van der Waals surface area contributed by atoms with Crippen LogP contribution in [0, 0.1) is 5.92 Å². The summed E-state index contributed by atoms with van der Waals surface area (Å²) in [6.07, 6.45) is 4.07. The Labute approximate surface area is 234 Å². The molecule has 0 radical (unpaired) electrons. The summed E-state index contributed by atoms with van der Waals surface area (Å²) < 4.78 is 12.7. The highest BCUT2D eigenvalue weighted by Gasteiger charge is 2.38. The monoisotopic (exact) mass is 583 g/mol. The van der Waals surface area contributed by atoms with Gasteiger partial charge in [-0.2, -0.15) is 0 Å². The molecule has 2 amide bonds. The van der Waals surface area contributed by atoms with Crippen LogP contribution in [0.5, 0.6) is 5.75 Å². The van der Waals surface area contributed by atoms with Gasteiger partial charge in [-0.1, -0.05) is 34.1 Å². The zero-order valence-electron chi connectivity index (χ0n) is 22.4. The van der Waals surface area contributed by atoms with Gasteiger partial charge < -0.3 is 24.2 Å². The molecular formula is C30H38BrN3O4. The zero-order valence-corrected chi connectivity index (χ0v) is 24.0. The molecule has 0 bridgehead atoms. The number of carbonyl (C=O) groups excluding carboxylic acids is 2. The summed E-state index contributed by atoms with van der Waals surface area (Å²) >= 11 is 3.50. The molecule has 204 valence electrons. The van der Waals surface area contributed by atoms with Crippen molar-refractivity contribution in [2.75, 3.05) is 44.3 Å². The lowest BCUT2D eigenvalue weighted by Gasteiger charge is -2.37. The van der Waals surface area contributed by atoms with Gasteiger partial charge in [0.15, 0.2) is 5.60 Å². The van der Waals surface area contributed by atoms with Gasteiger partial charge in [0.05, 0.1) is 19.1 Å². The Bertz CT molecular complexity index is 1130. The number of amides is 2. The molecule has 1 atom stereocenters. The maximum Gasteiger partial charge on any atom is 0.266 e. The van der Waals surface area contributed by atoms with E-state index in [4.69, 9.17) is 9.47 Å². The number of morpholine rings is 1. The fraction of sp³-hybridized carbons (Fsp3) is 0.533. The van der Waals surface area contributed by atoms with Crippen molar-refractivity contribution in [2.24, 2.45) is 5.92 Å². The molecular weight excluding hydrogens is 546 g/mol. The number of hydrogen-bond acceptors (Lipinski definition) is 5. The van der Waals surface area contributed by atoms with E-state index < -0.39 is 5.60 Å². The van der Waals surface area contributed by atoms with Crippen LogP contribution >= 0.6 is 15.9 Å². The van der Waals surface area contributed by atoms with Crippen molar-refractivity contribution in [2.45, 2.75) is 57.7 Å². The van der Waals surface area contributed by atoms with Crippen LogP contribution in [0.1, 0.15) is 45.1 Å². The SMILES string of the molecule is CC(C)(Oc1cccc(N2CCCC(C(=O)N(Cc3ccc(Br)cc3)C3CC3)C2)c1)C(=O)N1CCOCC1. The summed E-state index contributed by atoms with van der Waals surface area (Å²) in [6, 6.07) is 16.6. The lowest BCUT2D eigenvalue weighted by atomic mass is 9.95. The van der Waals surface area contributed by atoms with Crippen molar-refractivity contribution in [3.8, 4) is 5.75 Å². The zero-order chi connectivity index (χ0) is 26.7. The maximum absolute atomic E-state index is 13.7. The van der Waals surface area contributed by atoms with Crippen LogP contribution in [0.2, 0.25) is 0 Å². The lowest BCUT2D eigenvalue weighted by molar-refractivity contribution is -0.149.